The molecule has 2 heterocycles. The van der Waals surface area contributed by atoms with E-state index in [9.17, 15) is 4.79 Å². The van der Waals surface area contributed by atoms with Crippen LogP contribution < -0.4 is 5.32 Å². The van der Waals surface area contributed by atoms with Gasteiger partial charge in [-0.3, -0.25) is 10.1 Å². The van der Waals surface area contributed by atoms with Gasteiger partial charge in [-0.1, -0.05) is 30.3 Å². The lowest BCUT2D eigenvalue weighted by atomic mass is 10.0. The van der Waals surface area contributed by atoms with Crippen molar-refractivity contribution in [1.82, 2.24) is 15.1 Å². The summed E-state index contributed by atoms with van der Waals surface area (Å²) in [5.74, 6) is 0.228. The smallest absolute Gasteiger partial charge is 0.245 e. The molecule has 19 heavy (non-hydrogen) atoms. The molecule has 0 aliphatic carbocycles. The molecule has 0 radical (unpaired) electrons. The van der Waals surface area contributed by atoms with Crippen LogP contribution in [-0.2, 0) is 4.79 Å². The summed E-state index contributed by atoms with van der Waals surface area (Å²) in [5, 5.41) is 3.34. The number of amides is 1. The lowest BCUT2D eigenvalue weighted by molar-refractivity contribution is -0.131. The number of hydrogen-bond donors (Lipinski definition) is 1. The van der Waals surface area contributed by atoms with Crippen molar-refractivity contribution < 1.29 is 4.79 Å². The first-order chi connectivity index (χ1) is 9.25. The first kappa shape index (κ1) is 12.6. The number of likely N-dealkylation sites (tertiary alicyclic amines) is 1. The highest BCUT2D eigenvalue weighted by Gasteiger charge is 2.37. The van der Waals surface area contributed by atoms with Crippen molar-refractivity contribution in [2.45, 2.75) is 24.9 Å². The number of hydrogen-bond acceptors (Lipinski definition) is 3. The van der Waals surface area contributed by atoms with E-state index in [1.807, 2.05) is 35.2 Å². The summed E-state index contributed by atoms with van der Waals surface area (Å²) >= 11 is 0. The van der Waals surface area contributed by atoms with Crippen molar-refractivity contribution in [2.24, 2.45) is 0 Å². The predicted molar refractivity (Wildman–Crippen MR) is 74.6 cm³/mol. The van der Waals surface area contributed by atoms with Crippen LogP contribution in [0.3, 0.4) is 0 Å². The van der Waals surface area contributed by atoms with Crippen molar-refractivity contribution in [3.05, 3.63) is 35.9 Å². The Morgan fingerprint density at radius 3 is 2.79 bits per heavy atom. The SMILES string of the molecule is CN1CCCC(N2CNC(c3ccccc3)C2=O)C1. The molecular weight excluding hydrogens is 238 g/mol. The van der Waals surface area contributed by atoms with Crippen LogP contribution >= 0.6 is 0 Å². The van der Waals surface area contributed by atoms with Crippen molar-refractivity contribution >= 4 is 5.91 Å². The molecule has 4 nitrogen and oxygen atoms in total. The number of carbonyl (C=O) groups is 1. The molecule has 2 aliphatic heterocycles. The minimum atomic E-state index is -0.159. The number of likely N-dealkylation sites (N-methyl/N-ethyl adjacent to an activating group) is 1. The van der Waals surface area contributed by atoms with Gasteiger partial charge >= 0.3 is 0 Å². The van der Waals surface area contributed by atoms with E-state index < -0.39 is 0 Å². The Morgan fingerprint density at radius 2 is 2.05 bits per heavy atom. The maximum atomic E-state index is 12.6. The van der Waals surface area contributed by atoms with E-state index in [0.717, 1.165) is 25.1 Å². The van der Waals surface area contributed by atoms with Gasteiger partial charge in [0.2, 0.25) is 5.91 Å². The molecule has 0 spiro atoms. The summed E-state index contributed by atoms with van der Waals surface area (Å²) in [6.45, 7) is 2.82. The number of rotatable bonds is 2. The van der Waals surface area contributed by atoms with Crippen LogP contribution in [0.25, 0.3) is 0 Å². The summed E-state index contributed by atoms with van der Waals surface area (Å²) < 4.78 is 0. The summed E-state index contributed by atoms with van der Waals surface area (Å²) in [6, 6.07) is 10.2. The summed E-state index contributed by atoms with van der Waals surface area (Å²) in [4.78, 5) is 16.9. The molecule has 4 heteroatoms. The van der Waals surface area contributed by atoms with Crippen LogP contribution in [0.5, 0.6) is 0 Å². The first-order valence-electron chi connectivity index (χ1n) is 7.03. The molecule has 0 saturated carbocycles. The Kier molecular flexibility index (Phi) is 3.53. The maximum absolute atomic E-state index is 12.6. The zero-order valence-electron chi connectivity index (χ0n) is 11.4. The zero-order chi connectivity index (χ0) is 13.2. The number of piperidine rings is 1. The number of nitrogens with zero attached hydrogens (tertiary/aromatic N) is 2. The number of carbonyl (C=O) groups excluding carboxylic acids is 1. The topological polar surface area (TPSA) is 35.6 Å². The van der Waals surface area contributed by atoms with Gasteiger partial charge in [0, 0.05) is 12.6 Å². The molecule has 1 amide bonds. The molecule has 2 saturated heterocycles. The van der Waals surface area contributed by atoms with Crippen molar-refractivity contribution in [3.8, 4) is 0 Å². The Labute approximate surface area is 114 Å². The molecule has 3 rings (SSSR count). The van der Waals surface area contributed by atoms with Gasteiger partial charge in [0.05, 0.1) is 6.67 Å². The molecule has 2 fully saturated rings. The Morgan fingerprint density at radius 1 is 1.26 bits per heavy atom. The van der Waals surface area contributed by atoms with E-state index in [1.165, 1.54) is 6.42 Å². The quantitative estimate of drug-likeness (QED) is 0.867. The highest BCUT2D eigenvalue weighted by Crippen LogP contribution is 2.25. The minimum absolute atomic E-state index is 0.159. The second-order valence-corrected chi connectivity index (χ2v) is 5.57. The molecule has 102 valence electrons. The van der Waals surface area contributed by atoms with Crippen molar-refractivity contribution in [2.75, 3.05) is 26.8 Å². The Hall–Kier alpha value is -1.39. The van der Waals surface area contributed by atoms with Gasteiger partial charge in [0.15, 0.2) is 0 Å². The van der Waals surface area contributed by atoms with E-state index >= 15 is 0 Å². The van der Waals surface area contributed by atoms with E-state index in [1.54, 1.807) is 0 Å². The molecule has 0 bridgehead atoms. The van der Waals surface area contributed by atoms with Crippen molar-refractivity contribution in [1.29, 1.82) is 0 Å². The molecule has 2 atom stereocenters. The van der Waals surface area contributed by atoms with E-state index in [4.69, 9.17) is 0 Å². The second kappa shape index (κ2) is 5.31. The number of nitrogens with one attached hydrogen (secondary N) is 1. The lowest BCUT2D eigenvalue weighted by Gasteiger charge is -2.35. The maximum Gasteiger partial charge on any atom is 0.245 e. The molecule has 2 unspecified atom stereocenters. The van der Waals surface area contributed by atoms with Crippen LogP contribution in [0.1, 0.15) is 24.4 Å². The largest absolute Gasteiger partial charge is 0.324 e. The third-order valence-electron chi connectivity index (χ3n) is 4.17. The predicted octanol–water partition coefficient (Wildman–Crippen LogP) is 1.21. The molecule has 1 aromatic carbocycles. The normalized spacial score (nSPS) is 28.9. The Bertz CT molecular complexity index is 448. The van der Waals surface area contributed by atoms with E-state index in [0.29, 0.717) is 12.7 Å². The van der Waals surface area contributed by atoms with Crippen LogP contribution in [0.2, 0.25) is 0 Å². The van der Waals surface area contributed by atoms with Gasteiger partial charge in [-0.2, -0.15) is 0 Å². The lowest BCUT2D eigenvalue weighted by Crippen LogP contribution is -2.47. The summed E-state index contributed by atoms with van der Waals surface area (Å²) in [6.07, 6.45) is 2.31. The average Bonchev–Trinajstić information content (AvgIpc) is 2.81. The highest BCUT2D eigenvalue weighted by atomic mass is 16.2. The minimum Gasteiger partial charge on any atom is -0.324 e. The molecular formula is C15H21N3O. The highest BCUT2D eigenvalue weighted by molar-refractivity contribution is 5.85. The molecule has 2 aliphatic rings. The van der Waals surface area contributed by atoms with Crippen LogP contribution in [0.4, 0.5) is 0 Å². The van der Waals surface area contributed by atoms with Crippen LogP contribution in [-0.4, -0.2) is 48.6 Å². The summed E-state index contributed by atoms with van der Waals surface area (Å²) in [5.41, 5.74) is 1.07. The summed E-state index contributed by atoms with van der Waals surface area (Å²) in [7, 11) is 2.13. The zero-order valence-corrected chi connectivity index (χ0v) is 11.4. The molecule has 0 aromatic heterocycles. The third kappa shape index (κ3) is 2.51. The standard InChI is InChI=1S/C15H21N3O/c1-17-9-5-8-13(10-17)18-11-16-14(15(18)19)12-6-3-2-4-7-12/h2-4,6-7,13-14,16H,5,8-11H2,1H3. The van der Waals surface area contributed by atoms with Gasteiger partial charge < -0.3 is 9.80 Å². The number of benzene rings is 1. The van der Waals surface area contributed by atoms with E-state index in [2.05, 4.69) is 17.3 Å². The van der Waals surface area contributed by atoms with E-state index in [-0.39, 0.29) is 11.9 Å². The van der Waals surface area contributed by atoms with Crippen molar-refractivity contribution in [3.63, 3.8) is 0 Å². The Balaban J connectivity index is 1.72. The monoisotopic (exact) mass is 259 g/mol. The third-order valence-corrected chi connectivity index (χ3v) is 4.17. The fraction of sp³-hybridized carbons (Fsp3) is 0.533. The van der Waals surface area contributed by atoms with Crippen LogP contribution in [0.15, 0.2) is 30.3 Å². The fourth-order valence-corrected chi connectivity index (χ4v) is 3.13. The van der Waals surface area contributed by atoms with Crippen LogP contribution in [0, 0.1) is 0 Å². The molecule has 1 N–H and O–H groups in total. The van der Waals surface area contributed by atoms with Gasteiger partial charge in [-0.05, 0) is 32.0 Å². The van der Waals surface area contributed by atoms with Gasteiger partial charge in [-0.15, -0.1) is 0 Å². The first-order valence-corrected chi connectivity index (χ1v) is 7.03. The molecule has 1 aromatic rings. The average molecular weight is 259 g/mol. The van der Waals surface area contributed by atoms with Gasteiger partial charge in [-0.25, -0.2) is 0 Å². The van der Waals surface area contributed by atoms with Gasteiger partial charge in [0.1, 0.15) is 6.04 Å². The second-order valence-electron chi connectivity index (χ2n) is 5.57. The fourth-order valence-electron chi connectivity index (χ4n) is 3.13. The van der Waals surface area contributed by atoms with Gasteiger partial charge in [0.25, 0.3) is 0 Å².